The van der Waals surface area contributed by atoms with Gasteiger partial charge in [-0.15, -0.1) is 11.3 Å². The molecule has 0 fully saturated rings. The second-order valence-electron chi connectivity index (χ2n) is 5.12. The molecule has 0 spiro atoms. The number of nitrogens with zero attached hydrogens (tertiary/aromatic N) is 1. The maximum Gasteiger partial charge on any atom is 0.234 e. The van der Waals surface area contributed by atoms with E-state index in [1.807, 2.05) is 48.3 Å². The van der Waals surface area contributed by atoms with Gasteiger partial charge in [0.25, 0.3) is 0 Å². The molecule has 118 valence electrons. The summed E-state index contributed by atoms with van der Waals surface area (Å²) in [5.41, 5.74) is 0. The van der Waals surface area contributed by atoms with Gasteiger partial charge in [0.15, 0.2) is 0 Å². The van der Waals surface area contributed by atoms with Crippen molar-refractivity contribution >= 4 is 17.2 Å². The summed E-state index contributed by atoms with van der Waals surface area (Å²) in [5, 5.41) is 4.94. The SMILES string of the molecule is CC(c1cccs1)N(C)CC(=O)NCCOc1ccccc1. The summed E-state index contributed by atoms with van der Waals surface area (Å²) in [6, 6.07) is 14.0. The number of rotatable bonds is 8. The molecule has 1 amide bonds. The zero-order valence-corrected chi connectivity index (χ0v) is 13.8. The fraction of sp³-hybridized carbons (Fsp3) is 0.353. The molecule has 1 aromatic carbocycles. The molecule has 1 unspecified atom stereocenters. The van der Waals surface area contributed by atoms with Crippen LogP contribution in [0, 0.1) is 0 Å². The maximum atomic E-state index is 11.9. The van der Waals surface area contributed by atoms with E-state index in [4.69, 9.17) is 4.74 Å². The first-order chi connectivity index (χ1) is 10.7. The quantitative estimate of drug-likeness (QED) is 0.761. The Bertz CT molecular complexity index is 557. The minimum absolute atomic E-state index is 0.0163. The Hall–Kier alpha value is -1.85. The van der Waals surface area contributed by atoms with E-state index < -0.39 is 0 Å². The molecular weight excluding hydrogens is 296 g/mol. The first-order valence-corrected chi connectivity index (χ1v) is 8.23. The van der Waals surface area contributed by atoms with E-state index in [-0.39, 0.29) is 11.9 Å². The van der Waals surface area contributed by atoms with Crippen molar-refractivity contribution in [3.63, 3.8) is 0 Å². The zero-order chi connectivity index (χ0) is 15.8. The molecule has 0 bridgehead atoms. The van der Waals surface area contributed by atoms with E-state index in [1.165, 1.54) is 4.88 Å². The van der Waals surface area contributed by atoms with Gasteiger partial charge in [-0.25, -0.2) is 0 Å². The number of para-hydroxylation sites is 1. The molecular formula is C17H22N2O2S. The van der Waals surface area contributed by atoms with Gasteiger partial charge in [0, 0.05) is 10.9 Å². The Morgan fingerprint density at radius 1 is 1.27 bits per heavy atom. The second kappa shape index (κ2) is 8.56. The minimum Gasteiger partial charge on any atom is -0.492 e. The van der Waals surface area contributed by atoms with Crippen molar-refractivity contribution < 1.29 is 9.53 Å². The molecule has 1 heterocycles. The topological polar surface area (TPSA) is 41.6 Å². The fourth-order valence-corrected chi connectivity index (χ4v) is 2.89. The predicted octanol–water partition coefficient (Wildman–Crippen LogP) is 2.94. The molecule has 5 heteroatoms. The maximum absolute atomic E-state index is 11.9. The first kappa shape index (κ1) is 16.5. The van der Waals surface area contributed by atoms with Crippen LogP contribution in [-0.2, 0) is 4.79 Å². The third kappa shape index (κ3) is 5.16. The van der Waals surface area contributed by atoms with E-state index in [2.05, 4.69) is 23.7 Å². The van der Waals surface area contributed by atoms with Crippen molar-refractivity contribution in [1.82, 2.24) is 10.2 Å². The summed E-state index contributed by atoms with van der Waals surface area (Å²) in [6.07, 6.45) is 0. The highest BCUT2D eigenvalue weighted by atomic mass is 32.1. The number of ether oxygens (including phenoxy) is 1. The number of carbonyl (C=O) groups excluding carboxylic acids is 1. The summed E-state index contributed by atoms with van der Waals surface area (Å²) in [4.78, 5) is 15.2. The second-order valence-corrected chi connectivity index (χ2v) is 6.10. The van der Waals surface area contributed by atoms with Gasteiger partial charge in [0.05, 0.1) is 13.1 Å². The fourth-order valence-electron chi connectivity index (χ4n) is 2.04. The smallest absolute Gasteiger partial charge is 0.234 e. The van der Waals surface area contributed by atoms with Crippen LogP contribution < -0.4 is 10.1 Å². The Kier molecular flexibility index (Phi) is 6.43. The molecule has 1 atom stereocenters. The number of likely N-dealkylation sites (N-methyl/N-ethyl adjacent to an activating group) is 1. The van der Waals surface area contributed by atoms with Gasteiger partial charge >= 0.3 is 0 Å². The van der Waals surface area contributed by atoms with Crippen LogP contribution in [0.4, 0.5) is 0 Å². The lowest BCUT2D eigenvalue weighted by molar-refractivity contribution is -0.122. The summed E-state index contributed by atoms with van der Waals surface area (Å²) in [7, 11) is 1.96. The van der Waals surface area contributed by atoms with E-state index in [0.29, 0.717) is 19.7 Å². The molecule has 2 aromatic rings. The summed E-state index contributed by atoms with van der Waals surface area (Å²) >= 11 is 1.71. The molecule has 0 aliphatic rings. The molecule has 1 N–H and O–H groups in total. The Morgan fingerprint density at radius 2 is 2.05 bits per heavy atom. The number of amides is 1. The lowest BCUT2D eigenvalue weighted by atomic mass is 10.2. The van der Waals surface area contributed by atoms with Crippen LogP contribution in [0.2, 0.25) is 0 Å². The highest BCUT2D eigenvalue weighted by molar-refractivity contribution is 7.10. The number of nitrogens with one attached hydrogen (secondary N) is 1. The highest BCUT2D eigenvalue weighted by Gasteiger charge is 2.15. The van der Waals surface area contributed by atoms with Gasteiger partial charge in [0.1, 0.15) is 12.4 Å². The van der Waals surface area contributed by atoms with Crippen molar-refractivity contribution in [3.8, 4) is 5.75 Å². The molecule has 2 rings (SSSR count). The number of hydrogen-bond donors (Lipinski definition) is 1. The summed E-state index contributed by atoms with van der Waals surface area (Å²) < 4.78 is 5.54. The van der Waals surface area contributed by atoms with Gasteiger partial charge < -0.3 is 10.1 Å². The van der Waals surface area contributed by atoms with E-state index in [9.17, 15) is 4.79 Å². The Labute approximate surface area is 135 Å². The average Bonchev–Trinajstić information content (AvgIpc) is 3.06. The molecule has 1 aromatic heterocycles. The largest absolute Gasteiger partial charge is 0.492 e. The Balaban J connectivity index is 1.65. The van der Waals surface area contributed by atoms with Crippen LogP contribution >= 0.6 is 11.3 Å². The van der Waals surface area contributed by atoms with Gasteiger partial charge in [-0.2, -0.15) is 0 Å². The van der Waals surface area contributed by atoms with Gasteiger partial charge in [-0.05, 0) is 37.6 Å². The van der Waals surface area contributed by atoms with Gasteiger partial charge in [0.2, 0.25) is 5.91 Å². The van der Waals surface area contributed by atoms with Gasteiger partial charge in [-0.3, -0.25) is 9.69 Å². The number of thiophene rings is 1. The number of hydrogen-bond acceptors (Lipinski definition) is 4. The van der Waals surface area contributed by atoms with Crippen LogP contribution in [0.15, 0.2) is 47.8 Å². The van der Waals surface area contributed by atoms with Crippen LogP contribution in [0.1, 0.15) is 17.8 Å². The van der Waals surface area contributed by atoms with Crippen molar-refractivity contribution in [1.29, 1.82) is 0 Å². The molecule has 0 saturated carbocycles. The third-order valence-corrected chi connectivity index (χ3v) is 4.49. The van der Waals surface area contributed by atoms with E-state index in [0.717, 1.165) is 5.75 Å². The summed E-state index contributed by atoms with van der Waals surface area (Å²) in [6.45, 7) is 3.47. The Morgan fingerprint density at radius 3 is 2.73 bits per heavy atom. The molecule has 0 aliphatic carbocycles. The first-order valence-electron chi connectivity index (χ1n) is 7.35. The van der Waals surface area contributed by atoms with Crippen LogP contribution in [0.5, 0.6) is 5.75 Å². The van der Waals surface area contributed by atoms with Crippen molar-refractivity contribution in [2.24, 2.45) is 0 Å². The molecule has 4 nitrogen and oxygen atoms in total. The lowest BCUT2D eigenvalue weighted by Crippen LogP contribution is -2.37. The van der Waals surface area contributed by atoms with E-state index >= 15 is 0 Å². The number of benzene rings is 1. The van der Waals surface area contributed by atoms with Crippen molar-refractivity contribution in [2.45, 2.75) is 13.0 Å². The molecule has 0 radical (unpaired) electrons. The van der Waals surface area contributed by atoms with Crippen LogP contribution in [0.25, 0.3) is 0 Å². The van der Waals surface area contributed by atoms with Crippen molar-refractivity contribution in [2.75, 3.05) is 26.7 Å². The van der Waals surface area contributed by atoms with Crippen molar-refractivity contribution in [3.05, 3.63) is 52.7 Å². The molecule has 22 heavy (non-hydrogen) atoms. The summed E-state index contributed by atoms with van der Waals surface area (Å²) in [5.74, 6) is 0.836. The normalized spacial score (nSPS) is 12.1. The third-order valence-electron chi connectivity index (χ3n) is 3.45. The molecule has 0 aliphatic heterocycles. The van der Waals surface area contributed by atoms with Gasteiger partial charge in [-0.1, -0.05) is 24.3 Å². The standard InChI is InChI=1S/C17H22N2O2S/c1-14(16-9-6-12-22-16)19(2)13-17(20)18-10-11-21-15-7-4-3-5-8-15/h3-9,12,14H,10-11,13H2,1-2H3,(H,18,20). The lowest BCUT2D eigenvalue weighted by Gasteiger charge is -2.23. The monoisotopic (exact) mass is 318 g/mol. The average molecular weight is 318 g/mol. The van der Waals surface area contributed by atoms with Crippen LogP contribution in [-0.4, -0.2) is 37.6 Å². The molecule has 0 saturated heterocycles. The van der Waals surface area contributed by atoms with E-state index in [1.54, 1.807) is 11.3 Å². The minimum atomic E-state index is 0.0163. The predicted molar refractivity (Wildman–Crippen MR) is 90.3 cm³/mol. The van der Waals surface area contributed by atoms with Crippen LogP contribution in [0.3, 0.4) is 0 Å². The zero-order valence-electron chi connectivity index (χ0n) is 13.0. The number of carbonyl (C=O) groups is 1. The highest BCUT2D eigenvalue weighted by Crippen LogP contribution is 2.22.